The number of hydrogen-bond donors (Lipinski definition) is 4. The number of aliphatic carboxylic acids is 1. The minimum absolute atomic E-state index is 0.192. The molecule has 7 heteroatoms. The Morgan fingerprint density at radius 2 is 1.64 bits per heavy atom. The molecule has 0 aromatic rings. The molecule has 0 saturated heterocycles. The van der Waals surface area contributed by atoms with Crippen LogP contribution in [0, 0.1) is 11.8 Å². The maximum atomic E-state index is 12.3. The summed E-state index contributed by atoms with van der Waals surface area (Å²) in [5.41, 5.74) is 5.51. The van der Waals surface area contributed by atoms with Crippen molar-refractivity contribution < 1.29 is 19.5 Å². The van der Waals surface area contributed by atoms with Gasteiger partial charge in [-0.05, 0) is 43.9 Å². The maximum Gasteiger partial charge on any atom is 0.305 e. The van der Waals surface area contributed by atoms with Gasteiger partial charge in [-0.25, -0.2) is 0 Å². The van der Waals surface area contributed by atoms with Gasteiger partial charge in [-0.1, -0.05) is 6.92 Å². The fourth-order valence-corrected chi connectivity index (χ4v) is 2.71. The average Bonchev–Trinajstić information content (AvgIpc) is 3.33. The molecule has 0 spiro atoms. The van der Waals surface area contributed by atoms with Crippen molar-refractivity contribution in [3.05, 3.63) is 0 Å². The van der Waals surface area contributed by atoms with Crippen LogP contribution >= 0.6 is 0 Å². The molecular weight excluding hydrogens is 286 g/mol. The number of hydrogen-bond acceptors (Lipinski definition) is 4. The van der Waals surface area contributed by atoms with Gasteiger partial charge in [0.1, 0.15) is 6.04 Å². The van der Waals surface area contributed by atoms with E-state index in [4.69, 9.17) is 10.8 Å². The number of rotatable bonds is 9. The smallest absolute Gasteiger partial charge is 0.305 e. The van der Waals surface area contributed by atoms with Gasteiger partial charge in [-0.15, -0.1) is 0 Å². The van der Waals surface area contributed by atoms with Gasteiger partial charge >= 0.3 is 5.97 Å². The zero-order valence-electron chi connectivity index (χ0n) is 12.9. The molecule has 124 valence electrons. The van der Waals surface area contributed by atoms with Gasteiger partial charge in [0.05, 0.1) is 12.5 Å². The van der Waals surface area contributed by atoms with Crippen LogP contribution in [0.25, 0.3) is 0 Å². The molecule has 2 rings (SSSR count). The molecule has 2 aliphatic rings. The first kappa shape index (κ1) is 16.7. The number of carboxylic acids is 1. The zero-order chi connectivity index (χ0) is 16.3. The van der Waals surface area contributed by atoms with E-state index in [-0.39, 0.29) is 11.9 Å². The molecule has 22 heavy (non-hydrogen) atoms. The molecule has 1 unspecified atom stereocenters. The Kier molecular flexibility index (Phi) is 5.39. The standard InChI is InChI=1S/C15H25N3O4/c1-2-11(17-14(21)10(16)7-12(19)20)15(22)18-13(8-3-4-8)9-5-6-9/h8-11,13H,2-7,16H2,1H3,(H,17,21)(H,18,22)(H,19,20)/t10-,11?/m0/s1. The zero-order valence-corrected chi connectivity index (χ0v) is 12.9. The highest BCUT2D eigenvalue weighted by atomic mass is 16.4. The Morgan fingerprint density at radius 3 is 2.05 bits per heavy atom. The van der Waals surface area contributed by atoms with Gasteiger partial charge in [-0.3, -0.25) is 14.4 Å². The van der Waals surface area contributed by atoms with Gasteiger partial charge in [0.2, 0.25) is 11.8 Å². The lowest BCUT2D eigenvalue weighted by atomic mass is 10.1. The van der Waals surface area contributed by atoms with Crippen LogP contribution in [0.4, 0.5) is 0 Å². The Balaban J connectivity index is 1.85. The molecule has 5 N–H and O–H groups in total. The minimum Gasteiger partial charge on any atom is -0.481 e. The largest absolute Gasteiger partial charge is 0.481 e. The fourth-order valence-electron chi connectivity index (χ4n) is 2.71. The highest BCUT2D eigenvalue weighted by Gasteiger charge is 2.42. The molecule has 7 nitrogen and oxygen atoms in total. The second-order valence-electron chi connectivity index (χ2n) is 6.38. The Labute approximate surface area is 130 Å². The van der Waals surface area contributed by atoms with E-state index in [1.54, 1.807) is 6.92 Å². The third-order valence-electron chi connectivity index (χ3n) is 4.34. The van der Waals surface area contributed by atoms with Crippen LogP contribution in [-0.2, 0) is 14.4 Å². The predicted octanol–water partition coefficient (Wildman–Crippen LogP) is -0.0120. The second kappa shape index (κ2) is 7.09. The summed E-state index contributed by atoms with van der Waals surface area (Å²) in [5.74, 6) is -0.763. The van der Waals surface area contributed by atoms with E-state index < -0.39 is 30.4 Å². The lowest BCUT2D eigenvalue weighted by Gasteiger charge is -2.23. The first-order valence-electron chi connectivity index (χ1n) is 8.00. The van der Waals surface area contributed by atoms with E-state index in [0.717, 1.165) is 25.7 Å². The number of nitrogens with one attached hydrogen (secondary N) is 2. The molecule has 2 atom stereocenters. The van der Waals surface area contributed by atoms with Crippen molar-refractivity contribution in [1.82, 2.24) is 10.6 Å². The summed E-state index contributed by atoms with van der Waals surface area (Å²) >= 11 is 0. The number of nitrogens with two attached hydrogens (primary N) is 1. The maximum absolute atomic E-state index is 12.3. The summed E-state index contributed by atoms with van der Waals surface area (Å²) < 4.78 is 0. The third-order valence-corrected chi connectivity index (χ3v) is 4.34. The highest BCUT2D eigenvalue weighted by molar-refractivity contribution is 5.91. The molecule has 2 fully saturated rings. The van der Waals surface area contributed by atoms with Crippen LogP contribution in [0.15, 0.2) is 0 Å². The van der Waals surface area contributed by atoms with Crippen molar-refractivity contribution in [2.45, 2.75) is 63.6 Å². The topological polar surface area (TPSA) is 122 Å². The van der Waals surface area contributed by atoms with Gasteiger partial charge in [0.15, 0.2) is 0 Å². The molecule has 2 saturated carbocycles. The van der Waals surface area contributed by atoms with Crippen molar-refractivity contribution in [3.63, 3.8) is 0 Å². The lowest BCUT2D eigenvalue weighted by Crippen LogP contribution is -2.54. The van der Waals surface area contributed by atoms with Crippen molar-refractivity contribution in [2.24, 2.45) is 17.6 Å². The Bertz CT molecular complexity index is 434. The monoisotopic (exact) mass is 311 g/mol. The summed E-state index contributed by atoms with van der Waals surface area (Å²) in [7, 11) is 0. The van der Waals surface area contributed by atoms with Crippen LogP contribution < -0.4 is 16.4 Å². The van der Waals surface area contributed by atoms with E-state index in [2.05, 4.69) is 10.6 Å². The van der Waals surface area contributed by atoms with Crippen molar-refractivity contribution in [3.8, 4) is 0 Å². The van der Waals surface area contributed by atoms with E-state index in [1.807, 2.05) is 0 Å². The Hall–Kier alpha value is -1.63. The minimum atomic E-state index is -1.14. The van der Waals surface area contributed by atoms with Crippen molar-refractivity contribution in [2.75, 3.05) is 0 Å². The van der Waals surface area contributed by atoms with Crippen LogP contribution in [0.3, 0.4) is 0 Å². The number of carbonyl (C=O) groups excluding carboxylic acids is 2. The molecule has 0 aliphatic heterocycles. The van der Waals surface area contributed by atoms with Crippen molar-refractivity contribution in [1.29, 1.82) is 0 Å². The fraction of sp³-hybridized carbons (Fsp3) is 0.800. The molecule has 0 radical (unpaired) electrons. The van der Waals surface area contributed by atoms with E-state index in [1.165, 1.54) is 0 Å². The number of carbonyl (C=O) groups is 3. The lowest BCUT2D eigenvalue weighted by molar-refractivity contribution is -0.139. The van der Waals surface area contributed by atoms with E-state index in [9.17, 15) is 14.4 Å². The van der Waals surface area contributed by atoms with Gasteiger partial charge in [-0.2, -0.15) is 0 Å². The summed E-state index contributed by atoms with van der Waals surface area (Å²) in [6.07, 6.45) is 4.64. The SMILES string of the molecule is CCC(NC(=O)[C@@H](N)CC(=O)O)C(=O)NC(C1CC1)C1CC1. The van der Waals surface area contributed by atoms with Crippen LogP contribution in [-0.4, -0.2) is 41.0 Å². The van der Waals surface area contributed by atoms with E-state index in [0.29, 0.717) is 18.3 Å². The molecular formula is C15H25N3O4. The van der Waals surface area contributed by atoms with Crippen molar-refractivity contribution >= 4 is 17.8 Å². The van der Waals surface area contributed by atoms with Crippen LogP contribution in [0.1, 0.15) is 45.4 Å². The molecule has 0 bridgehead atoms. The molecule has 0 aromatic heterocycles. The van der Waals surface area contributed by atoms with Crippen LogP contribution in [0.5, 0.6) is 0 Å². The summed E-state index contributed by atoms with van der Waals surface area (Å²) in [6.45, 7) is 1.80. The molecule has 2 amide bonds. The van der Waals surface area contributed by atoms with E-state index >= 15 is 0 Å². The first-order valence-corrected chi connectivity index (χ1v) is 8.00. The third kappa shape index (κ3) is 4.69. The predicted molar refractivity (Wildman–Crippen MR) is 79.8 cm³/mol. The summed E-state index contributed by atoms with van der Waals surface area (Å²) in [4.78, 5) is 34.8. The summed E-state index contributed by atoms with van der Waals surface area (Å²) in [5, 5.41) is 14.3. The molecule has 0 aromatic carbocycles. The Morgan fingerprint density at radius 1 is 1.09 bits per heavy atom. The van der Waals surface area contributed by atoms with Gasteiger partial charge < -0.3 is 21.5 Å². The number of carboxylic acid groups (broad SMARTS) is 1. The number of amides is 2. The van der Waals surface area contributed by atoms with Gasteiger partial charge in [0, 0.05) is 6.04 Å². The molecule has 0 heterocycles. The summed E-state index contributed by atoms with van der Waals surface area (Å²) in [6, 6.07) is -1.57. The highest BCUT2D eigenvalue weighted by Crippen LogP contribution is 2.44. The first-order chi connectivity index (χ1) is 10.4. The molecule has 2 aliphatic carbocycles. The van der Waals surface area contributed by atoms with Crippen LogP contribution in [0.2, 0.25) is 0 Å². The van der Waals surface area contributed by atoms with Gasteiger partial charge in [0.25, 0.3) is 0 Å². The quantitative estimate of drug-likeness (QED) is 0.477. The second-order valence-corrected chi connectivity index (χ2v) is 6.38. The average molecular weight is 311 g/mol. The normalized spacial score (nSPS) is 20.3.